The molecule has 1 aromatic carbocycles. The zero-order valence-electron chi connectivity index (χ0n) is 8.55. The van der Waals surface area contributed by atoms with Gasteiger partial charge in [0.2, 0.25) is 0 Å². The monoisotopic (exact) mass is 319 g/mol. The Hall–Kier alpha value is 0.0931. The van der Waals surface area contributed by atoms with Crippen molar-refractivity contribution in [3.8, 4) is 11.3 Å². The van der Waals surface area contributed by atoms with Gasteiger partial charge in [-0.15, -0.1) is 17.2 Å². The first-order valence-corrected chi connectivity index (χ1v) is 10.8. The van der Waals surface area contributed by atoms with E-state index in [1.54, 1.807) is 6.26 Å². The van der Waals surface area contributed by atoms with Crippen molar-refractivity contribution in [3.05, 3.63) is 41.7 Å². The van der Waals surface area contributed by atoms with E-state index >= 15 is 0 Å². The molecule has 4 heteroatoms. The van der Waals surface area contributed by atoms with Gasteiger partial charge >= 0.3 is 37.9 Å². The van der Waals surface area contributed by atoms with Gasteiger partial charge in [0.1, 0.15) is 0 Å². The number of hydrogen-bond donors (Lipinski definition) is 0. The Labute approximate surface area is 108 Å². The first-order chi connectivity index (χ1) is 7.19. The molecule has 0 fully saturated rings. The summed E-state index contributed by atoms with van der Waals surface area (Å²) in [5, 5.41) is 0. The van der Waals surface area contributed by atoms with E-state index in [-0.39, 0.29) is 0 Å². The fourth-order valence-electron chi connectivity index (χ4n) is 1.50. The van der Waals surface area contributed by atoms with Crippen LogP contribution in [0.5, 0.6) is 0 Å². The summed E-state index contributed by atoms with van der Waals surface area (Å²) >= 11 is -0.826. The zero-order chi connectivity index (χ0) is 11.3. The number of halogens is 2. The minimum absolute atomic E-state index is 0.826. The second-order valence-corrected chi connectivity index (χ2v) is 6.91. The van der Waals surface area contributed by atoms with E-state index in [1.165, 1.54) is 16.7 Å². The number of aryl methyl sites for hydroxylation is 2. The third kappa shape index (κ3) is 3.86. The molecule has 0 spiro atoms. The van der Waals surface area contributed by atoms with Crippen LogP contribution in [0.4, 0.5) is 0 Å². The van der Waals surface area contributed by atoms with E-state index in [9.17, 15) is 0 Å². The van der Waals surface area contributed by atoms with Gasteiger partial charge in [0, 0.05) is 5.76 Å². The van der Waals surface area contributed by atoms with Gasteiger partial charge < -0.3 is 4.42 Å². The summed E-state index contributed by atoms with van der Waals surface area (Å²) in [7, 11) is 9.87. The third-order valence-corrected chi connectivity index (χ3v) is 2.03. The summed E-state index contributed by atoms with van der Waals surface area (Å²) in [6.45, 7) is 4.20. The van der Waals surface area contributed by atoms with Crippen molar-refractivity contribution >= 4 is 17.0 Å². The molecule has 0 aliphatic rings. The second-order valence-electron chi connectivity index (χ2n) is 3.18. The summed E-state index contributed by atoms with van der Waals surface area (Å²) in [5.41, 5.74) is 3.78. The normalized spacial score (nSPS) is 9.33. The topological polar surface area (TPSA) is 13.1 Å². The predicted molar refractivity (Wildman–Crippen MR) is 60.9 cm³/mol. The van der Waals surface area contributed by atoms with Gasteiger partial charge in [0.05, 0.1) is 6.26 Å². The maximum atomic E-state index is 5.31. The molecule has 0 amide bonds. The molecule has 0 radical (unpaired) electrons. The predicted octanol–water partition coefficient (Wildman–Crippen LogP) is 4.66. The van der Waals surface area contributed by atoms with Crippen molar-refractivity contribution in [2.75, 3.05) is 0 Å². The molecule has 0 atom stereocenters. The van der Waals surface area contributed by atoms with E-state index in [2.05, 4.69) is 26.0 Å². The third-order valence-electron chi connectivity index (χ3n) is 2.03. The Bertz CT molecular complexity index is 393. The SMILES string of the molecule is Cc1cc(C)c(-c2ccco2)[cH-]1.[Cl][Zr][Cl]. The molecule has 80 valence electrons. The maximum absolute atomic E-state index is 5.31. The van der Waals surface area contributed by atoms with Crippen LogP contribution in [0.2, 0.25) is 0 Å². The van der Waals surface area contributed by atoms with Crippen molar-refractivity contribution in [2.24, 2.45) is 0 Å². The summed E-state index contributed by atoms with van der Waals surface area (Å²) in [5.74, 6) is 0.959. The van der Waals surface area contributed by atoms with Gasteiger partial charge in [-0.3, -0.25) is 0 Å². The summed E-state index contributed by atoms with van der Waals surface area (Å²) in [4.78, 5) is 0. The van der Waals surface area contributed by atoms with Crippen LogP contribution in [-0.4, -0.2) is 0 Å². The Balaban J connectivity index is 0.000000337. The summed E-state index contributed by atoms with van der Waals surface area (Å²) in [6, 6.07) is 8.21. The molecule has 0 saturated heterocycles. The Morgan fingerprint density at radius 1 is 1.33 bits per heavy atom. The molecular weight excluding hydrogens is 310 g/mol. The van der Waals surface area contributed by atoms with E-state index in [0.29, 0.717) is 0 Å². The molecule has 0 bridgehead atoms. The number of rotatable bonds is 1. The minimum atomic E-state index is -0.826. The van der Waals surface area contributed by atoms with Crippen LogP contribution in [0, 0.1) is 13.8 Å². The zero-order valence-corrected chi connectivity index (χ0v) is 12.5. The van der Waals surface area contributed by atoms with Crippen LogP contribution in [0.1, 0.15) is 11.1 Å². The van der Waals surface area contributed by atoms with Crippen LogP contribution >= 0.6 is 17.0 Å². The van der Waals surface area contributed by atoms with Crippen LogP contribution in [0.3, 0.4) is 0 Å². The standard InChI is InChI=1S/C11H11O.2ClH.Zr/c1-8-6-9(2)10(7-8)11-4-3-5-12-11;;;/h3-7H,1-2H3;2*1H;/q-1;;;+2/p-2. The Morgan fingerprint density at radius 2 is 2.00 bits per heavy atom. The number of furan rings is 1. The molecule has 0 saturated carbocycles. The fourth-order valence-corrected chi connectivity index (χ4v) is 1.50. The van der Waals surface area contributed by atoms with E-state index < -0.39 is 20.8 Å². The molecule has 1 nitrogen and oxygen atoms in total. The average Bonchev–Trinajstić information content (AvgIpc) is 2.75. The average molecular weight is 321 g/mol. The second kappa shape index (κ2) is 6.63. The van der Waals surface area contributed by atoms with Crippen molar-refractivity contribution in [2.45, 2.75) is 13.8 Å². The van der Waals surface area contributed by atoms with Gasteiger partial charge in [-0.25, -0.2) is 0 Å². The molecule has 15 heavy (non-hydrogen) atoms. The van der Waals surface area contributed by atoms with Crippen LogP contribution in [0.25, 0.3) is 11.3 Å². The molecule has 0 aliphatic carbocycles. The van der Waals surface area contributed by atoms with Gasteiger partial charge in [-0.2, -0.15) is 11.6 Å². The van der Waals surface area contributed by atoms with Gasteiger partial charge in [-0.05, 0) is 6.07 Å². The molecule has 2 rings (SSSR count). The fraction of sp³-hybridized carbons (Fsp3) is 0.182. The Kier molecular flexibility index (Phi) is 5.81. The Morgan fingerprint density at radius 3 is 2.40 bits per heavy atom. The summed E-state index contributed by atoms with van der Waals surface area (Å²) in [6.07, 6.45) is 1.71. The molecule has 1 heterocycles. The van der Waals surface area contributed by atoms with Crippen molar-refractivity contribution in [3.63, 3.8) is 0 Å². The quantitative estimate of drug-likeness (QED) is 0.696. The van der Waals surface area contributed by atoms with Gasteiger partial charge in [0.25, 0.3) is 0 Å². The molecule has 0 aliphatic heterocycles. The van der Waals surface area contributed by atoms with Crippen LogP contribution in [-0.2, 0) is 20.8 Å². The number of hydrogen-bond acceptors (Lipinski definition) is 1. The van der Waals surface area contributed by atoms with Crippen LogP contribution < -0.4 is 0 Å². The molecular formula is C11H11Cl2OZr-. The molecule has 1 aromatic heterocycles. The molecule has 0 N–H and O–H groups in total. The van der Waals surface area contributed by atoms with Gasteiger partial charge in [0.15, 0.2) is 0 Å². The van der Waals surface area contributed by atoms with E-state index in [0.717, 1.165) is 5.76 Å². The molecule has 2 aromatic rings. The van der Waals surface area contributed by atoms with Crippen molar-refractivity contribution < 1.29 is 25.3 Å². The van der Waals surface area contributed by atoms with E-state index in [4.69, 9.17) is 21.4 Å². The van der Waals surface area contributed by atoms with Gasteiger partial charge in [-0.1, -0.05) is 19.9 Å². The first-order valence-electron chi connectivity index (χ1n) is 4.43. The van der Waals surface area contributed by atoms with Crippen LogP contribution in [0.15, 0.2) is 34.9 Å². The van der Waals surface area contributed by atoms with Crippen molar-refractivity contribution in [1.29, 1.82) is 0 Å². The van der Waals surface area contributed by atoms with E-state index in [1.807, 2.05) is 12.1 Å². The summed E-state index contributed by atoms with van der Waals surface area (Å²) < 4.78 is 5.31. The van der Waals surface area contributed by atoms with Crippen molar-refractivity contribution in [1.82, 2.24) is 0 Å². The first kappa shape index (κ1) is 13.2. The molecule has 0 unspecified atom stereocenters.